The summed E-state index contributed by atoms with van der Waals surface area (Å²) in [5.41, 5.74) is 4.06. The Morgan fingerprint density at radius 2 is 1.76 bits per heavy atom. The number of allylic oxidation sites excluding steroid dienone is 8. The summed E-state index contributed by atoms with van der Waals surface area (Å²) in [5.74, 6) is 0.556. The quantitative estimate of drug-likeness (QED) is 0.306. The van der Waals surface area contributed by atoms with Gasteiger partial charge in [-0.3, -0.25) is 12.2 Å². The molecule has 0 aromatic rings. The molecule has 1 unspecified atom stereocenters. The monoisotopic (exact) mass is 436 g/mol. The van der Waals surface area contributed by atoms with Gasteiger partial charge >= 0.3 is 25.8 Å². The Hall–Kier alpha value is 0.410. The molecule has 2 aliphatic carbocycles. The van der Waals surface area contributed by atoms with Crippen molar-refractivity contribution in [2.24, 2.45) is 5.92 Å². The summed E-state index contributed by atoms with van der Waals surface area (Å²) in [6.45, 7) is 8.43. The van der Waals surface area contributed by atoms with E-state index in [4.69, 9.17) is 0 Å². The summed E-state index contributed by atoms with van der Waals surface area (Å²) in [4.78, 5) is 0. The standard InChI is InChI=1S/2C7H9.2ClH.Hf/c2*1-6-3-4-7(2)5-6;;;/h5H,3H2,1-2H3;3,5,7H,1-2H3;2*1H;/q2*-1;;;+4/p-2. The van der Waals surface area contributed by atoms with E-state index < -0.39 is 0 Å². The summed E-state index contributed by atoms with van der Waals surface area (Å²) in [6.07, 6.45) is 13.8. The molecule has 0 nitrogen and oxygen atoms in total. The van der Waals surface area contributed by atoms with Gasteiger partial charge in [-0.15, -0.1) is 13.3 Å². The van der Waals surface area contributed by atoms with Crippen LogP contribution >= 0.6 is 0 Å². The molecule has 0 aromatic heterocycles. The van der Waals surface area contributed by atoms with Crippen molar-refractivity contribution >= 4 is 0 Å². The van der Waals surface area contributed by atoms with E-state index in [1.807, 2.05) is 6.08 Å². The Bertz CT molecular complexity index is 325. The average Bonchev–Trinajstić information content (AvgIpc) is 2.63. The first-order chi connectivity index (χ1) is 6.58. The summed E-state index contributed by atoms with van der Waals surface area (Å²) in [5, 5.41) is 0. The van der Waals surface area contributed by atoms with E-state index >= 15 is 0 Å². The van der Waals surface area contributed by atoms with Crippen molar-refractivity contribution in [2.45, 2.75) is 34.1 Å². The van der Waals surface area contributed by atoms with Crippen molar-refractivity contribution in [3.8, 4) is 0 Å². The Balaban J connectivity index is -0.000000196. The van der Waals surface area contributed by atoms with Crippen molar-refractivity contribution in [2.75, 3.05) is 0 Å². The molecule has 0 N–H and O–H groups in total. The fraction of sp³-hybridized carbons (Fsp3) is 0.429. The zero-order valence-electron chi connectivity index (χ0n) is 10.8. The Morgan fingerprint density at radius 1 is 1.18 bits per heavy atom. The first-order valence-corrected chi connectivity index (χ1v) is 5.10. The average molecular weight is 436 g/mol. The van der Waals surface area contributed by atoms with Gasteiger partial charge < -0.3 is 24.8 Å². The molecule has 0 fully saturated rings. The van der Waals surface area contributed by atoms with Gasteiger partial charge in [0.25, 0.3) is 0 Å². The van der Waals surface area contributed by atoms with Gasteiger partial charge in [0.15, 0.2) is 0 Å². The smallest absolute Gasteiger partial charge is 1.00 e. The van der Waals surface area contributed by atoms with Crippen LogP contribution < -0.4 is 24.8 Å². The molecule has 0 saturated carbocycles. The molecule has 0 heterocycles. The third-order valence-electron chi connectivity index (χ3n) is 2.20. The van der Waals surface area contributed by atoms with Gasteiger partial charge in [0, 0.05) is 0 Å². The third-order valence-corrected chi connectivity index (χ3v) is 2.20. The van der Waals surface area contributed by atoms with E-state index in [0.717, 1.165) is 6.42 Å². The number of halogens is 2. The molecule has 2 aliphatic rings. The molecule has 0 saturated heterocycles. The molecule has 0 aliphatic heterocycles. The maximum absolute atomic E-state index is 3.19. The van der Waals surface area contributed by atoms with Crippen molar-refractivity contribution < 1.29 is 50.7 Å². The summed E-state index contributed by atoms with van der Waals surface area (Å²) < 4.78 is 0. The van der Waals surface area contributed by atoms with Gasteiger partial charge in [-0.2, -0.15) is 11.6 Å². The number of hydrogen-bond acceptors (Lipinski definition) is 0. The molecule has 0 spiro atoms. The van der Waals surface area contributed by atoms with Crippen LogP contribution in [-0.2, 0) is 25.8 Å². The van der Waals surface area contributed by atoms with Crippen LogP contribution in [-0.4, -0.2) is 0 Å². The largest absolute Gasteiger partial charge is 4.00 e. The normalized spacial score (nSPS) is 19.5. The minimum Gasteiger partial charge on any atom is -1.00 e. The van der Waals surface area contributed by atoms with E-state index in [1.165, 1.54) is 16.7 Å². The van der Waals surface area contributed by atoms with Gasteiger partial charge in [-0.1, -0.05) is 26.7 Å². The molecule has 0 bridgehead atoms. The second-order valence-electron chi connectivity index (χ2n) is 4.04. The Kier molecular flexibility index (Phi) is 15.3. The van der Waals surface area contributed by atoms with Crippen LogP contribution in [0.5, 0.6) is 0 Å². The first-order valence-electron chi connectivity index (χ1n) is 5.10. The van der Waals surface area contributed by atoms with E-state index in [2.05, 4.69) is 52.0 Å². The second-order valence-corrected chi connectivity index (χ2v) is 4.04. The molecular weight excluding hydrogens is 418 g/mol. The molecule has 2 rings (SSSR count). The molecule has 0 radical (unpaired) electrons. The van der Waals surface area contributed by atoms with E-state index in [0.29, 0.717) is 5.92 Å². The van der Waals surface area contributed by atoms with Gasteiger partial charge in [0.1, 0.15) is 0 Å². The van der Waals surface area contributed by atoms with Crippen LogP contribution in [0.1, 0.15) is 34.1 Å². The zero-order valence-corrected chi connectivity index (χ0v) is 15.9. The zero-order chi connectivity index (χ0) is 10.6. The molecule has 0 aromatic carbocycles. The fourth-order valence-corrected chi connectivity index (χ4v) is 1.50. The summed E-state index contributed by atoms with van der Waals surface area (Å²) in [6, 6.07) is 0. The van der Waals surface area contributed by atoms with Crippen LogP contribution in [0.15, 0.2) is 34.9 Å². The summed E-state index contributed by atoms with van der Waals surface area (Å²) >= 11 is 0. The van der Waals surface area contributed by atoms with E-state index in [-0.39, 0.29) is 50.7 Å². The molecule has 92 valence electrons. The van der Waals surface area contributed by atoms with E-state index in [1.54, 1.807) is 0 Å². The Labute approximate surface area is 137 Å². The molecular formula is C14H18Cl2Hf. The topological polar surface area (TPSA) is 0 Å². The van der Waals surface area contributed by atoms with Crippen molar-refractivity contribution in [3.63, 3.8) is 0 Å². The van der Waals surface area contributed by atoms with Crippen LogP contribution in [0.25, 0.3) is 0 Å². The van der Waals surface area contributed by atoms with Gasteiger partial charge in [0.05, 0.1) is 0 Å². The van der Waals surface area contributed by atoms with Gasteiger partial charge in [-0.25, -0.2) is 23.3 Å². The molecule has 1 atom stereocenters. The van der Waals surface area contributed by atoms with Gasteiger partial charge in [-0.05, 0) is 0 Å². The van der Waals surface area contributed by atoms with Crippen LogP contribution in [0.2, 0.25) is 0 Å². The van der Waals surface area contributed by atoms with E-state index in [9.17, 15) is 0 Å². The molecule has 17 heavy (non-hydrogen) atoms. The van der Waals surface area contributed by atoms with Crippen LogP contribution in [0, 0.1) is 18.1 Å². The first kappa shape index (κ1) is 22.6. The second kappa shape index (κ2) is 11.5. The third kappa shape index (κ3) is 10.1. The number of rotatable bonds is 0. The maximum atomic E-state index is 3.19. The maximum Gasteiger partial charge on any atom is 4.00 e. The van der Waals surface area contributed by atoms with Gasteiger partial charge in [0.2, 0.25) is 0 Å². The SMILES string of the molecule is CC1=CC(C)[C-]=C1.CC1=[C-]CC(C)=C1.[Cl-].[Cl-].[Hf+4]. The van der Waals surface area contributed by atoms with Crippen LogP contribution in [0.3, 0.4) is 0 Å². The molecule has 3 heteroatoms. The molecule has 0 amide bonds. The predicted octanol–water partition coefficient (Wildman–Crippen LogP) is -1.97. The predicted molar refractivity (Wildman–Crippen MR) is 61.5 cm³/mol. The minimum absolute atomic E-state index is 0. The van der Waals surface area contributed by atoms with Crippen molar-refractivity contribution in [1.29, 1.82) is 0 Å². The van der Waals surface area contributed by atoms with Crippen molar-refractivity contribution in [1.82, 2.24) is 0 Å². The van der Waals surface area contributed by atoms with Crippen molar-refractivity contribution in [3.05, 3.63) is 47.1 Å². The summed E-state index contributed by atoms with van der Waals surface area (Å²) in [7, 11) is 0. The minimum atomic E-state index is 0. The van der Waals surface area contributed by atoms with Crippen LogP contribution in [0.4, 0.5) is 0 Å². The number of hydrogen-bond donors (Lipinski definition) is 0. The Morgan fingerprint density at radius 3 is 1.88 bits per heavy atom. The fourth-order valence-electron chi connectivity index (χ4n) is 1.50.